The van der Waals surface area contributed by atoms with Crippen molar-refractivity contribution in [3.8, 4) is 5.75 Å². The highest BCUT2D eigenvalue weighted by Crippen LogP contribution is 2.33. The molecular formula is C17H20ClN5O3. The molecule has 3 heterocycles. The van der Waals surface area contributed by atoms with E-state index < -0.39 is 5.79 Å². The Balaban J connectivity index is 1.48. The number of nitrogens with one attached hydrogen (secondary N) is 1. The van der Waals surface area contributed by atoms with E-state index in [-0.39, 0.29) is 0 Å². The Labute approximate surface area is 156 Å². The second-order valence-electron chi connectivity index (χ2n) is 6.21. The number of ether oxygens (including phenoxy) is 3. The van der Waals surface area contributed by atoms with Crippen LogP contribution in [0.3, 0.4) is 0 Å². The molecule has 0 amide bonds. The highest BCUT2D eigenvalue weighted by Gasteiger charge is 2.40. The maximum atomic E-state index is 6.08. The third-order valence-corrected chi connectivity index (χ3v) is 4.83. The zero-order valence-electron chi connectivity index (χ0n) is 14.4. The van der Waals surface area contributed by atoms with E-state index in [2.05, 4.69) is 25.4 Å². The van der Waals surface area contributed by atoms with Gasteiger partial charge in [0.25, 0.3) is 0 Å². The van der Waals surface area contributed by atoms with Crippen molar-refractivity contribution in [3.05, 3.63) is 29.4 Å². The Morgan fingerprint density at radius 2 is 2.00 bits per heavy atom. The van der Waals surface area contributed by atoms with Gasteiger partial charge in [-0.1, -0.05) is 11.6 Å². The second kappa shape index (κ2) is 7.22. The molecule has 138 valence electrons. The summed E-state index contributed by atoms with van der Waals surface area (Å²) in [6, 6.07) is 5.35. The minimum Gasteiger partial charge on any atom is -0.495 e. The fourth-order valence-corrected chi connectivity index (χ4v) is 3.41. The van der Waals surface area contributed by atoms with E-state index >= 15 is 0 Å². The first-order chi connectivity index (χ1) is 12.7. The molecule has 0 atom stereocenters. The molecule has 0 radical (unpaired) electrons. The van der Waals surface area contributed by atoms with Gasteiger partial charge in [0.1, 0.15) is 5.75 Å². The lowest BCUT2D eigenvalue weighted by molar-refractivity contribution is -0.169. The number of hydrogen-bond donors (Lipinski definition) is 1. The quantitative estimate of drug-likeness (QED) is 0.870. The number of benzene rings is 1. The van der Waals surface area contributed by atoms with Crippen LogP contribution < -0.4 is 15.0 Å². The van der Waals surface area contributed by atoms with Crippen LogP contribution in [0, 0.1) is 0 Å². The van der Waals surface area contributed by atoms with Gasteiger partial charge in [-0.25, -0.2) is 0 Å². The number of rotatable bonds is 4. The highest BCUT2D eigenvalue weighted by molar-refractivity contribution is 6.31. The molecular weight excluding hydrogens is 358 g/mol. The van der Waals surface area contributed by atoms with Gasteiger partial charge in [-0.2, -0.15) is 10.1 Å². The number of aromatic nitrogens is 3. The van der Waals surface area contributed by atoms with Gasteiger partial charge in [-0.05, 0) is 18.2 Å². The Morgan fingerprint density at radius 1 is 1.23 bits per heavy atom. The topological polar surface area (TPSA) is 81.6 Å². The monoisotopic (exact) mass is 377 g/mol. The van der Waals surface area contributed by atoms with E-state index in [4.69, 9.17) is 25.8 Å². The van der Waals surface area contributed by atoms with Crippen LogP contribution in [-0.2, 0) is 9.47 Å². The van der Waals surface area contributed by atoms with Crippen molar-refractivity contribution < 1.29 is 14.2 Å². The summed E-state index contributed by atoms with van der Waals surface area (Å²) in [5.74, 6) is 1.39. The molecule has 1 N–H and O–H groups in total. The van der Waals surface area contributed by atoms with Crippen LogP contribution in [-0.4, -0.2) is 54.4 Å². The van der Waals surface area contributed by atoms with Crippen LogP contribution in [0.4, 0.5) is 17.5 Å². The zero-order valence-corrected chi connectivity index (χ0v) is 15.2. The van der Waals surface area contributed by atoms with Crippen molar-refractivity contribution in [1.82, 2.24) is 15.2 Å². The van der Waals surface area contributed by atoms with Gasteiger partial charge in [0.05, 0.1) is 32.2 Å². The molecule has 8 nitrogen and oxygen atoms in total. The van der Waals surface area contributed by atoms with E-state index in [1.807, 2.05) is 0 Å². The van der Waals surface area contributed by atoms with E-state index in [0.717, 1.165) is 31.6 Å². The molecule has 26 heavy (non-hydrogen) atoms. The molecule has 1 aromatic carbocycles. The molecule has 1 aromatic heterocycles. The Hall–Kier alpha value is -2.16. The minimum absolute atomic E-state index is 0.423. The molecule has 2 aliphatic rings. The molecule has 9 heteroatoms. The first-order valence-corrected chi connectivity index (χ1v) is 8.88. The van der Waals surface area contributed by atoms with Crippen molar-refractivity contribution in [2.24, 2.45) is 0 Å². The van der Waals surface area contributed by atoms with Gasteiger partial charge in [0.2, 0.25) is 5.95 Å². The zero-order chi connectivity index (χ0) is 18.0. The van der Waals surface area contributed by atoms with E-state index in [1.165, 1.54) is 0 Å². The molecule has 2 aliphatic heterocycles. The largest absolute Gasteiger partial charge is 0.495 e. The summed E-state index contributed by atoms with van der Waals surface area (Å²) in [5, 5.41) is 12.0. The van der Waals surface area contributed by atoms with Crippen LogP contribution >= 0.6 is 11.6 Å². The standard InChI is InChI=1S/C17H20ClN5O3/c1-24-14-3-2-12(18)10-13(14)20-15-11-19-22-16(21-15)23-6-4-17(5-7-23)25-8-9-26-17/h2-3,10-11H,4-9H2,1H3,(H,20,21,22). The van der Waals surface area contributed by atoms with Crippen molar-refractivity contribution in [1.29, 1.82) is 0 Å². The number of anilines is 3. The maximum Gasteiger partial charge on any atom is 0.247 e. The lowest BCUT2D eigenvalue weighted by atomic mass is 10.0. The summed E-state index contributed by atoms with van der Waals surface area (Å²) >= 11 is 6.08. The second-order valence-corrected chi connectivity index (χ2v) is 6.64. The van der Waals surface area contributed by atoms with Crippen molar-refractivity contribution in [2.75, 3.05) is 43.6 Å². The predicted molar refractivity (Wildman–Crippen MR) is 97.2 cm³/mol. The fourth-order valence-electron chi connectivity index (χ4n) is 3.24. The molecule has 1 spiro atoms. The molecule has 2 saturated heterocycles. The Bertz CT molecular complexity index is 775. The Kier molecular flexibility index (Phi) is 4.80. The van der Waals surface area contributed by atoms with E-state index in [9.17, 15) is 0 Å². The summed E-state index contributed by atoms with van der Waals surface area (Å²) in [6.45, 7) is 2.84. The molecule has 0 saturated carbocycles. The molecule has 2 fully saturated rings. The highest BCUT2D eigenvalue weighted by atomic mass is 35.5. The van der Waals surface area contributed by atoms with E-state index in [1.54, 1.807) is 31.5 Å². The summed E-state index contributed by atoms with van der Waals surface area (Å²) in [7, 11) is 1.61. The number of nitrogens with zero attached hydrogens (tertiary/aromatic N) is 4. The molecule has 0 bridgehead atoms. The first-order valence-electron chi connectivity index (χ1n) is 8.51. The molecule has 2 aromatic rings. The van der Waals surface area contributed by atoms with Gasteiger partial charge in [-0.3, -0.25) is 0 Å². The lowest BCUT2D eigenvalue weighted by Crippen LogP contribution is -2.45. The molecule has 0 unspecified atom stereocenters. The normalized spacial score (nSPS) is 18.9. The molecule has 0 aliphatic carbocycles. The first kappa shape index (κ1) is 17.3. The van der Waals surface area contributed by atoms with Crippen LogP contribution in [0.1, 0.15) is 12.8 Å². The SMILES string of the molecule is COc1ccc(Cl)cc1Nc1cnnc(N2CCC3(CC2)OCCO3)n1. The molecule has 4 rings (SSSR count). The maximum absolute atomic E-state index is 6.08. The predicted octanol–water partition coefficient (Wildman–Crippen LogP) is 2.62. The summed E-state index contributed by atoms with van der Waals surface area (Å²) in [4.78, 5) is 6.66. The number of methoxy groups -OCH3 is 1. The Morgan fingerprint density at radius 3 is 2.73 bits per heavy atom. The third-order valence-electron chi connectivity index (χ3n) is 4.59. The average molecular weight is 378 g/mol. The lowest BCUT2D eigenvalue weighted by Gasteiger charge is -2.37. The van der Waals surface area contributed by atoms with Crippen LogP contribution in [0.15, 0.2) is 24.4 Å². The number of hydrogen-bond acceptors (Lipinski definition) is 8. The number of piperidine rings is 1. The number of halogens is 1. The summed E-state index contributed by atoms with van der Waals surface area (Å²) in [5.41, 5.74) is 0.719. The van der Waals surface area contributed by atoms with Crippen LogP contribution in [0.5, 0.6) is 5.75 Å². The van der Waals surface area contributed by atoms with Gasteiger partial charge in [-0.15, -0.1) is 5.10 Å². The van der Waals surface area contributed by atoms with E-state index in [0.29, 0.717) is 35.8 Å². The van der Waals surface area contributed by atoms with Crippen LogP contribution in [0.2, 0.25) is 5.02 Å². The summed E-state index contributed by atoms with van der Waals surface area (Å²) in [6.07, 6.45) is 3.14. The van der Waals surface area contributed by atoms with Crippen molar-refractivity contribution >= 4 is 29.1 Å². The smallest absolute Gasteiger partial charge is 0.247 e. The van der Waals surface area contributed by atoms with Gasteiger partial charge < -0.3 is 24.4 Å². The van der Waals surface area contributed by atoms with Gasteiger partial charge >= 0.3 is 0 Å². The fraction of sp³-hybridized carbons (Fsp3) is 0.471. The van der Waals surface area contributed by atoms with Gasteiger partial charge in [0.15, 0.2) is 11.6 Å². The van der Waals surface area contributed by atoms with Crippen LogP contribution in [0.25, 0.3) is 0 Å². The van der Waals surface area contributed by atoms with Gasteiger partial charge in [0, 0.05) is 31.0 Å². The average Bonchev–Trinajstić information content (AvgIpc) is 3.11. The summed E-state index contributed by atoms with van der Waals surface area (Å²) < 4.78 is 16.9. The third kappa shape index (κ3) is 3.53. The minimum atomic E-state index is -0.423. The van der Waals surface area contributed by atoms with Crippen molar-refractivity contribution in [3.63, 3.8) is 0 Å². The van der Waals surface area contributed by atoms with Crippen molar-refractivity contribution in [2.45, 2.75) is 18.6 Å².